The fourth-order valence-electron chi connectivity index (χ4n) is 5.45. The van der Waals surface area contributed by atoms with Crippen molar-refractivity contribution in [2.45, 2.75) is 33.2 Å². The highest BCUT2D eigenvalue weighted by Gasteiger charge is 2.20. The van der Waals surface area contributed by atoms with Crippen LogP contribution in [0.4, 0.5) is 4.39 Å². The van der Waals surface area contributed by atoms with Crippen LogP contribution in [0.15, 0.2) is 76.8 Å². The lowest BCUT2D eigenvalue weighted by Crippen LogP contribution is -2.35. The van der Waals surface area contributed by atoms with Gasteiger partial charge in [-0.2, -0.15) is 0 Å². The number of hydrogen-bond donors (Lipinski definition) is 0. The van der Waals surface area contributed by atoms with Gasteiger partial charge in [-0.1, -0.05) is 35.5 Å². The minimum Gasteiger partial charge on any atom is -0.491 e. The Hall–Kier alpha value is -4.34. The monoisotopic (exact) mass is 597 g/mol. The molecule has 0 saturated carbocycles. The second kappa shape index (κ2) is 12.9. The van der Waals surface area contributed by atoms with E-state index in [1.807, 2.05) is 43.0 Å². The Morgan fingerprint density at radius 2 is 1.79 bits per heavy atom. The van der Waals surface area contributed by atoms with Gasteiger partial charge < -0.3 is 18.9 Å². The first kappa shape index (κ1) is 28.8. The smallest absolute Gasteiger partial charge is 0.228 e. The van der Waals surface area contributed by atoms with Gasteiger partial charge in [0.1, 0.15) is 23.9 Å². The Kier molecular flexibility index (Phi) is 8.62. The van der Waals surface area contributed by atoms with E-state index in [9.17, 15) is 9.18 Å². The number of aryl methyl sites for hydroxylation is 2. The summed E-state index contributed by atoms with van der Waals surface area (Å²) in [5.74, 6) is 1.28. The molecule has 220 valence electrons. The number of carbonyl (C=O) groups excluding carboxylic acids is 1. The molecule has 0 atom stereocenters. The van der Waals surface area contributed by atoms with Crippen molar-refractivity contribution in [2.24, 2.45) is 0 Å². The molecule has 2 bridgehead atoms. The average Bonchev–Trinajstić information content (AvgIpc) is 3.60. The normalized spacial score (nSPS) is 14.1. The van der Waals surface area contributed by atoms with Crippen LogP contribution in [0.1, 0.15) is 33.0 Å². The zero-order valence-corrected chi connectivity index (χ0v) is 25.0. The predicted molar refractivity (Wildman–Crippen MR) is 164 cm³/mol. The Morgan fingerprint density at radius 1 is 0.977 bits per heavy atom. The lowest BCUT2D eigenvalue weighted by Gasteiger charge is -2.24. The van der Waals surface area contributed by atoms with Crippen LogP contribution < -0.4 is 4.74 Å². The van der Waals surface area contributed by atoms with Crippen molar-refractivity contribution in [1.29, 1.82) is 0 Å². The fourth-order valence-corrected chi connectivity index (χ4v) is 6.23. The van der Waals surface area contributed by atoms with Gasteiger partial charge in [0.05, 0.1) is 36.5 Å². The molecule has 43 heavy (non-hydrogen) atoms. The van der Waals surface area contributed by atoms with Gasteiger partial charge in [-0.3, -0.25) is 4.79 Å². The zero-order chi connectivity index (χ0) is 29.8. The topological polar surface area (TPSA) is 77.7 Å². The highest BCUT2D eigenvalue weighted by Crippen LogP contribution is 2.33. The number of ether oxygens (including phenoxy) is 2. The van der Waals surface area contributed by atoms with E-state index in [1.165, 1.54) is 23.5 Å². The second-order valence-electron chi connectivity index (χ2n) is 10.6. The first-order valence-electron chi connectivity index (χ1n) is 14.2. The molecule has 3 heterocycles. The van der Waals surface area contributed by atoms with Crippen LogP contribution in [0, 0.1) is 19.7 Å². The highest BCUT2D eigenvalue weighted by molar-refractivity contribution is 7.10. The standard InChI is InChI=1S/C34H32FN3O4S/c1-22-33(23(2)42-37-22)27-8-11-30-28(18-27)17-24-4-3-5-25(16-24)20-38(12-13-40-14-15-41-30)32(39)19-31-34(36-21-43-31)26-6-9-29(35)10-7-26/h3-11,16,18,21H,12-15,17,19-20H2,1-2H3. The maximum Gasteiger partial charge on any atom is 0.228 e. The molecule has 3 aromatic carbocycles. The fraction of sp³-hybridized carbons (Fsp3) is 0.265. The van der Waals surface area contributed by atoms with Gasteiger partial charge in [0, 0.05) is 35.5 Å². The minimum absolute atomic E-state index is 0.0144. The van der Waals surface area contributed by atoms with Crippen molar-refractivity contribution in [3.63, 3.8) is 0 Å². The Balaban J connectivity index is 1.25. The quantitative estimate of drug-likeness (QED) is 0.227. The minimum atomic E-state index is -0.306. The van der Waals surface area contributed by atoms with E-state index in [0.29, 0.717) is 45.0 Å². The zero-order valence-electron chi connectivity index (χ0n) is 24.1. The number of carbonyl (C=O) groups is 1. The lowest BCUT2D eigenvalue weighted by molar-refractivity contribution is -0.131. The van der Waals surface area contributed by atoms with Crippen molar-refractivity contribution < 1.29 is 23.2 Å². The molecule has 0 aliphatic carbocycles. The number of nitrogens with zero attached hydrogens (tertiary/aromatic N) is 3. The molecule has 2 aromatic heterocycles. The first-order chi connectivity index (χ1) is 20.9. The third-order valence-electron chi connectivity index (χ3n) is 7.56. The van der Waals surface area contributed by atoms with Crippen LogP contribution in [0.2, 0.25) is 0 Å². The summed E-state index contributed by atoms with van der Waals surface area (Å²) in [6.07, 6.45) is 0.870. The molecule has 9 heteroatoms. The molecule has 1 amide bonds. The van der Waals surface area contributed by atoms with Crippen LogP contribution in [-0.4, -0.2) is 47.3 Å². The summed E-state index contributed by atoms with van der Waals surface area (Å²) >= 11 is 1.43. The first-order valence-corrected chi connectivity index (χ1v) is 15.1. The molecule has 6 rings (SSSR count). The number of rotatable bonds is 4. The Bertz CT molecular complexity index is 1710. The lowest BCUT2D eigenvalue weighted by atomic mass is 9.96. The van der Waals surface area contributed by atoms with Gasteiger partial charge in [0.25, 0.3) is 0 Å². The molecule has 0 unspecified atom stereocenters. The highest BCUT2D eigenvalue weighted by atomic mass is 32.1. The maximum absolute atomic E-state index is 13.7. The van der Waals surface area contributed by atoms with Gasteiger partial charge in [-0.25, -0.2) is 9.37 Å². The molecular formula is C34H32FN3O4S. The van der Waals surface area contributed by atoms with Gasteiger partial charge in [-0.15, -0.1) is 11.3 Å². The van der Waals surface area contributed by atoms with Crippen LogP contribution in [0.25, 0.3) is 22.4 Å². The van der Waals surface area contributed by atoms with Crippen molar-refractivity contribution in [3.8, 4) is 28.1 Å². The number of thiazole rings is 1. The molecule has 7 nitrogen and oxygen atoms in total. The van der Waals surface area contributed by atoms with Gasteiger partial charge in [0.15, 0.2) is 0 Å². The van der Waals surface area contributed by atoms with Gasteiger partial charge in [-0.05, 0) is 72.5 Å². The van der Waals surface area contributed by atoms with Crippen molar-refractivity contribution >= 4 is 17.2 Å². The summed E-state index contributed by atoms with van der Waals surface area (Å²) in [6, 6.07) is 20.7. The molecule has 0 N–H and O–H groups in total. The number of aromatic nitrogens is 2. The summed E-state index contributed by atoms with van der Waals surface area (Å²) < 4.78 is 31.0. The van der Waals surface area contributed by atoms with Gasteiger partial charge in [0.2, 0.25) is 5.91 Å². The Labute approximate surface area is 253 Å². The summed E-state index contributed by atoms with van der Waals surface area (Å²) in [6.45, 7) is 5.97. The number of benzene rings is 3. The van der Waals surface area contributed by atoms with E-state index in [0.717, 1.165) is 55.5 Å². The maximum atomic E-state index is 13.7. The molecule has 1 aliphatic heterocycles. The van der Waals surface area contributed by atoms with Crippen molar-refractivity contribution in [2.75, 3.05) is 26.4 Å². The molecule has 0 fully saturated rings. The number of hydrogen-bond acceptors (Lipinski definition) is 7. The average molecular weight is 598 g/mol. The van der Waals surface area contributed by atoms with E-state index in [2.05, 4.69) is 28.3 Å². The van der Waals surface area contributed by atoms with Crippen LogP contribution >= 0.6 is 11.3 Å². The Morgan fingerprint density at radius 3 is 2.60 bits per heavy atom. The number of fused-ring (bicyclic) bond motifs is 3. The van der Waals surface area contributed by atoms with E-state index in [-0.39, 0.29) is 18.1 Å². The largest absolute Gasteiger partial charge is 0.491 e. The van der Waals surface area contributed by atoms with Crippen LogP contribution in [0.3, 0.4) is 0 Å². The SMILES string of the molecule is Cc1noc(C)c1-c1ccc2c(c1)Cc1cccc(c1)CN(C(=O)Cc1scnc1-c1ccc(F)cc1)CCOCCO2. The van der Waals surface area contributed by atoms with E-state index in [4.69, 9.17) is 14.0 Å². The molecule has 0 spiro atoms. The molecule has 0 radical (unpaired) electrons. The number of halogens is 1. The van der Waals surface area contributed by atoms with Crippen molar-refractivity contribution in [1.82, 2.24) is 15.0 Å². The van der Waals surface area contributed by atoms with Crippen molar-refractivity contribution in [3.05, 3.63) is 111 Å². The molecule has 1 aliphatic rings. The summed E-state index contributed by atoms with van der Waals surface area (Å²) in [4.78, 5) is 20.8. The molecule has 0 saturated heterocycles. The number of amides is 1. The summed E-state index contributed by atoms with van der Waals surface area (Å²) in [7, 11) is 0. The molecular weight excluding hydrogens is 565 g/mol. The van der Waals surface area contributed by atoms with Crippen LogP contribution in [-0.2, 0) is 28.9 Å². The summed E-state index contributed by atoms with van der Waals surface area (Å²) in [5.41, 5.74) is 9.33. The van der Waals surface area contributed by atoms with Gasteiger partial charge >= 0.3 is 0 Å². The van der Waals surface area contributed by atoms with E-state index >= 15 is 0 Å². The third kappa shape index (κ3) is 6.68. The van der Waals surface area contributed by atoms with E-state index in [1.54, 1.807) is 17.6 Å². The molecule has 5 aromatic rings. The van der Waals surface area contributed by atoms with Crippen LogP contribution in [0.5, 0.6) is 5.75 Å². The third-order valence-corrected chi connectivity index (χ3v) is 8.39. The predicted octanol–water partition coefficient (Wildman–Crippen LogP) is 6.79. The second-order valence-corrected chi connectivity index (χ2v) is 11.5. The summed E-state index contributed by atoms with van der Waals surface area (Å²) in [5, 5.41) is 4.12. The van der Waals surface area contributed by atoms with E-state index < -0.39 is 0 Å².